The van der Waals surface area contributed by atoms with Crippen LogP contribution in [0.3, 0.4) is 0 Å². The summed E-state index contributed by atoms with van der Waals surface area (Å²) in [5, 5.41) is 15.3. The molecule has 3 rings (SSSR count). The number of nitro groups is 1. The van der Waals surface area contributed by atoms with E-state index in [2.05, 4.69) is 5.10 Å². The summed E-state index contributed by atoms with van der Waals surface area (Å²) in [6.07, 6.45) is 3.09. The van der Waals surface area contributed by atoms with Crippen molar-refractivity contribution in [1.29, 1.82) is 0 Å². The Morgan fingerprint density at radius 1 is 1.25 bits per heavy atom. The van der Waals surface area contributed by atoms with Crippen LogP contribution in [-0.2, 0) is 17.1 Å². The van der Waals surface area contributed by atoms with Crippen molar-refractivity contribution in [2.75, 3.05) is 26.2 Å². The number of amides is 1. The van der Waals surface area contributed by atoms with Crippen molar-refractivity contribution in [3.63, 3.8) is 0 Å². The highest BCUT2D eigenvalue weighted by atomic mass is 35.5. The summed E-state index contributed by atoms with van der Waals surface area (Å²) in [5.74, 6) is -0.546. The molecule has 0 spiro atoms. The normalized spacial score (nSPS) is 16.0. The van der Waals surface area contributed by atoms with E-state index >= 15 is 0 Å². The molecule has 0 atom stereocenters. The lowest BCUT2D eigenvalue weighted by atomic mass is 10.1. The maximum absolute atomic E-state index is 12.8. The van der Waals surface area contributed by atoms with Gasteiger partial charge in [-0.2, -0.15) is 9.40 Å². The second-order valence-corrected chi connectivity index (χ2v) is 8.69. The largest absolute Gasteiger partial charge is 0.337 e. The van der Waals surface area contributed by atoms with Crippen molar-refractivity contribution >= 4 is 33.2 Å². The topological polar surface area (TPSA) is 119 Å². The first kappa shape index (κ1) is 20.2. The number of carbonyl (C=O) groups excluding carboxylic acids is 1. The lowest BCUT2D eigenvalue weighted by molar-refractivity contribution is -0.385. The standard InChI is InChI=1S/C16H18ClN5O5S/c1-19-11-13(10-18-19)28(26,27)21-6-2-5-20(7-8-21)16(23)14-9-12(17)3-4-15(14)22(24)25/h3-4,9-11H,2,5-8H2,1H3. The van der Waals surface area contributed by atoms with Crippen molar-refractivity contribution in [3.8, 4) is 0 Å². The highest BCUT2D eigenvalue weighted by Crippen LogP contribution is 2.25. The van der Waals surface area contributed by atoms with Gasteiger partial charge in [0.2, 0.25) is 10.0 Å². The second kappa shape index (κ2) is 7.86. The van der Waals surface area contributed by atoms with Crippen molar-refractivity contribution in [3.05, 3.63) is 51.3 Å². The fourth-order valence-electron chi connectivity index (χ4n) is 3.03. The third-order valence-corrected chi connectivity index (χ3v) is 6.53. The Labute approximate surface area is 166 Å². The van der Waals surface area contributed by atoms with E-state index in [-0.39, 0.29) is 47.3 Å². The zero-order valence-electron chi connectivity index (χ0n) is 15.0. The van der Waals surface area contributed by atoms with Crippen LogP contribution >= 0.6 is 11.6 Å². The second-order valence-electron chi connectivity index (χ2n) is 6.32. The summed E-state index contributed by atoms with van der Waals surface area (Å²) in [7, 11) is -2.10. The molecule has 0 radical (unpaired) electrons. The molecule has 2 aromatic rings. The number of hydrogen-bond donors (Lipinski definition) is 0. The van der Waals surface area contributed by atoms with Crippen LogP contribution in [0.1, 0.15) is 16.8 Å². The van der Waals surface area contributed by atoms with Crippen molar-refractivity contribution in [1.82, 2.24) is 19.0 Å². The predicted octanol–water partition coefficient (Wildman–Crippen LogP) is 1.52. The lowest BCUT2D eigenvalue weighted by Gasteiger charge is -2.21. The Bertz CT molecular complexity index is 1020. The molecule has 150 valence electrons. The van der Waals surface area contributed by atoms with E-state index in [9.17, 15) is 23.3 Å². The maximum Gasteiger partial charge on any atom is 0.282 e. The zero-order chi connectivity index (χ0) is 20.5. The minimum atomic E-state index is -3.72. The first-order chi connectivity index (χ1) is 13.2. The number of halogens is 1. The highest BCUT2D eigenvalue weighted by molar-refractivity contribution is 7.89. The first-order valence-electron chi connectivity index (χ1n) is 8.42. The maximum atomic E-state index is 12.8. The van der Waals surface area contributed by atoms with Crippen LogP contribution in [0.4, 0.5) is 5.69 Å². The minimum Gasteiger partial charge on any atom is -0.337 e. The van der Waals surface area contributed by atoms with Crippen LogP contribution in [0, 0.1) is 10.1 Å². The molecule has 1 fully saturated rings. The lowest BCUT2D eigenvalue weighted by Crippen LogP contribution is -2.37. The third-order valence-electron chi connectivity index (χ3n) is 4.45. The number of aryl methyl sites for hydroxylation is 1. The van der Waals surface area contributed by atoms with E-state index in [1.54, 1.807) is 7.05 Å². The molecule has 1 aromatic heterocycles. The molecule has 10 nitrogen and oxygen atoms in total. The Hall–Kier alpha value is -2.50. The Morgan fingerprint density at radius 2 is 2.00 bits per heavy atom. The van der Waals surface area contributed by atoms with Crippen LogP contribution in [-0.4, -0.2) is 64.4 Å². The number of sulfonamides is 1. The Kier molecular flexibility index (Phi) is 5.68. The fourth-order valence-corrected chi connectivity index (χ4v) is 4.66. The Morgan fingerprint density at radius 3 is 2.64 bits per heavy atom. The quantitative estimate of drug-likeness (QED) is 0.539. The van der Waals surface area contributed by atoms with Crippen LogP contribution in [0.15, 0.2) is 35.5 Å². The van der Waals surface area contributed by atoms with E-state index in [0.29, 0.717) is 6.42 Å². The molecule has 0 unspecified atom stereocenters. The van der Waals surface area contributed by atoms with Gasteiger partial charge in [0.25, 0.3) is 11.6 Å². The summed E-state index contributed by atoms with van der Waals surface area (Å²) < 4.78 is 28.2. The van der Waals surface area contributed by atoms with Gasteiger partial charge in [-0.25, -0.2) is 8.42 Å². The van der Waals surface area contributed by atoms with E-state index in [1.165, 1.54) is 44.5 Å². The van der Waals surface area contributed by atoms with Gasteiger partial charge in [0.15, 0.2) is 0 Å². The summed E-state index contributed by atoms with van der Waals surface area (Å²) in [5.41, 5.74) is -0.445. The van der Waals surface area contributed by atoms with Gasteiger partial charge in [-0.3, -0.25) is 19.6 Å². The van der Waals surface area contributed by atoms with E-state index in [1.807, 2.05) is 0 Å². The molecule has 1 aliphatic rings. The molecule has 1 aliphatic heterocycles. The predicted molar refractivity (Wildman–Crippen MR) is 101 cm³/mol. The fraction of sp³-hybridized carbons (Fsp3) is 0.375. The van der Waals surface area contributed by atoms with E-state index in [4.69, 9.17) is 11.6 Å². The summed E-state index contributed by atoms with van der Waals surface area (Å²) >= 11 is 5.90. The SMILES string of the molecule is Cn1cc(S(=O)(=O)N2CCCN(C(=O)c3cc(Cl)ccc3[N+](=O)[O-])CC2)cn1. The number of nitro benzene ring substituents is 1. The molecule has 1 saturated heterocycles. The summed E-state index contributed by atoms with van der Waals surface area (Å²) in [6, 6.07) is 3.80. The van der Waals surface area contributed by atoms with Crippen LogP contribution in [0.2, 0.25) is 5.02 Å². The molecule has 0 N–H and O–H groups in total. The van der Waals surface area contributed by atoms with E-state index in [0.717, 1.165) is 0 Å². The van der Waals surface area contributed by atoms with Crippen molar-refractivity contribution in [2.24, 2.45) is 7.05 Å². The summed E-state index contributed by atoms with van der Waals surface area (Å²) in [6.45, 7) is 0.708. The smallest absolute Gasteiger partial charge is 0.282 e. The van der Waals surface area contributed by atoms with Crippen molar-refractivity contribution in [2.45, 2.75) is 11.3 Å². The van der Waals surface area contributed by atoms with Gasteiger partial charge in [0, 0.05) is 50.5 Å². The van der Waals surface area contributed by atoms with E-state index < -0.39 is 20.9 Å². The van der Waals surface area contributed by atoms with Gasteiger partial charge < -0.3 is 4.90 Å². The molecule has 0 bridgehead atoms. The van der Waals surface area contributed by atoms with Gasteiger partial charge in [0.05, 0.1) is 11.1 Å². The van der Waals surface area contributed by atoms with Gasteiger partial charge in [-0.1, -0.05) is 11.6 Å². The van der Waals surface area contributed by atoms with Crippen LogP contribution < -0.4 is 0 Å². The average molecular weight is 428 g/mol. The van der Waals surface area contributed by atoms with Gasteiger partial charge in [0.1, 0.15) is 10.5 Å². The number of nitrogens with zero attached hydrogens (tertiary/aromatic N) is 5. The highest BCUT2D eigenvalue weighted by Gasteiger charge is 2.31. The molecule has 1 aromatic carbocycles. The summed E-state index contributed by atoms with van der Waals surface area (Å²) in [4.78, 5) is 24.9. The molecule has 0 aliphatic carbocycles. The molecular weight excluding hydrogens is 410 g/mol. The van der Waals surface area contributed by atoms with Gasteiger partial charge in [-0.05, 0) is 18.6 Å². The molecular formula is C16H18ClN5O5S. The average Bonchev–Trinajstić information content (AvgIpc) is 2.93. The van der Waals surface area contributed by atoms with Crippen molar-refractivity contribution < 1.29 is 18.1 Å². The number of rotatable bonds is 4. The third kappa shape index (κ3) is 4.01. The van der Waals surface area contributed by atoms with Crippen LogP contribution in [0.25, 0.3) is 0 Å². The van der Waals surface area contributed by atoms with Gasteiger partial charge >= 0.3 is 0 Å². The number of aromatic nitrogens is 2. The Balaban J connectivity index is 1.80. The number of hydrogen-bond acceptors (Lipinski definition) is 6. The molecule has 1 amide bonds. The minimum absolute atomic E-state index is 0.0807. The number of benzene rings is 1. The first-order valence-corrected chi connectivity index (χ1v) is 10.2. The zero-order valence-corrected chi connectivity index (χ0v) is 16.6. The van der Waals surface area contributed by atoms with Gasteiger partial charge in [-0.15, -0.1) is 0 Å². The van der Waals surface area contributed by atoms with Crippen LogP contribution in [0.5, 0.6) is 0 Å². The number of carbonyl (C=O) groups is 1. The molecule has 28 heavy (non-hydrogen) atoms. The monoisotopic (exact) mass is 427 g/mol. The molecule has 0 saturated carbocycles. The molecule has 2 heterocycles. The molecule has 12 heteroatoms.